The summed E-state index contributed by atoms with van der Waals surface area (Å²) >= 11 is 0. The molecule has 0 unspecified atom stereocenters. The average molecular weight is 915 g/mol. The van der Waals surface area contributed by atoms with E-state index in [-0.39, 0.29) is 0 Å². The molecule has 0 radical (unpaired) electrons. The van der Waals surface area contributed by atoms with Crippen LogP contribution in [0.15, 0.2) is 279 Å². The Morgan fingerprint density at radius 3 is 1.46 bits per heavy atom. The van der Waals surface area contributed by atoms with Gasteiger partial charge in [-0.15, -0.1) is 10.0 Å². The van der Waals surface area contributed by atoms with Crippen molar-refractivity contribution >= 4 is 75.6 Å². The minimum Gasteiger partial charge on any atom is -0.455 e. The monoisotopic (exact) mass is 914 g/mol. The SMILES string of the molecule is c1ccc(S(c2ccccc2)(c2ccccc2)c2cccc(-c3cc(-c4cccc5c4oc4ccccc45)nc(-n4c5ccccc5c5cc(-n6c7ccccc7c7ccccc76)ccc54)n3)c2)cc1. The van der Waals surface area contributed by atoms with E-state index >= 15 is 0 Å². The zero-order chi connectivity index (χ0) is 46.2. The second-order valence-corrected chi connectivity index (χ2v) is 20.8. The first kappa shape index (κ1) is 40.1. The van der Waals surface area contributed by atoms with Gasteiger partial charge in [-0.25, -0.2) is 9.97 Å². The molecule has 10 aromatic carbocycles. The summed E-state index contributed by atoms with van der Waals surface area (Å²) in [4.78, 5) is 16.2. The molecule has 0 saturated heterocycles. The van der Waals surface area contributed by atoms with Gasteiger partial charge in [0, 0.05) is 68.7 Å². The van der Waals surface area contributed by atoms with Crippen molar-refractivity contribution in [1.82, 2.24) is 19.1 Å². The van der Waals surface area contributed by atoms with Gasteiger partial charge in [-0.3, -0.25) is 4.57 Å². The maximum absolute atomic E-state index is 6.71. The highest BCUT2D eigenvalue weighted by Gasteiger charge is 2.33. The third kappa shape index (κ3) is 6.13. The highest BCUT2D eigenvalue weighted by Crippen LogP contribution is 2.73. The Morgan fingerprint density at radius 1 is 0.329 bits per heavy atom. The van der Waals surface area contributed by atoms with Gasteiger partial charge >= 0.3 is 0 Å². The topological polar surface area (TPSA) is 48.8 Å². The van der Waals surface area contributed by atoms with E-state index in [0.29, 0.717) is 5.95 Å². The predicted molar refractivity (Wildman–Crippen MR) is 289 cm³/mol. The van der Waals surface area contributed by atoms with Gasteiger partial charge in [0.2, 0.25) is 5.95 Å². The van der Waals surface area contributed by atoms with Crippen molar-refractivity contribution in [2.24, 2.45) is 0 Å². The van der Waals surface area contributed by atoms with Crippen LogP contribution in [0.25, 0.3) is 99.7 Å². The molecule has 0 aliphatic carbocycles. The van der Waals surface area contributed by atoms with Crippen LogP contribution in [-0.2, 0) is 0 Å². The molecule has 14 rings (SSSR count). The lowest BCUT2D eigenvalue weighted by Gasteiger charge is -2.42. The van der Waals surface area contributed by atoms with Crippen LogP contribution in [0.1, 0.15) is 0 Å². The van der Waals surface area contributed by atoms with Crippen LogP contribution in [0.2, 0.25) is 0 Å². The second-order valence-electron chi connectivity index (χ2n) is 17.7. The first-order valence-corrected chi connectivity index (χ1v) is 25.3. The van der Waals surface area contributed by atoms with Gasteiger partial charge in [-0.2, -0.15) is 0 Å². The van der Waals surface area contributed by atoms with Gasteiger partial charge in [-0.05, 0) is 103 Å². The van der Waals surface area contributed by atoms with Crippen molar-refractivity contribution in [3.05, 3.63) is 255 Å². The van der Waals surface area contributed by atoms with Crippen molar-refractivity contribution in [2.75, 3.05) is 0 Å². The van der Waals surface area contributed by atoms with Crippen LogP contribution in [0.3, 0.4) is 0 Å². The lowest BCUT2D eigenvalue weighted by atomic mass is 10.0. The Balaban J connectivity index is 1.03. The molecular formula is C64H42N4OS. The molecule has 70 heavy (non-hydrogen) atoms. The van der Waals surface area contributed by atoms with Crippen molar-refractivity contribution in [2.45, 2.75) is 19.6 Å². The van der Waals surface area contributed by atoms with E-state index in [1.165, 1.54) is 41.4 Å². The number of furan rings is 1. The second kappa shape index (κ2) is 16.1. The number of aromatic nitrogens is 4. The van der Waals surface area contributed by atoms with E-state index < -0.39 is 10.0 Å². The average Bonchev–Trinajstić information content (AvgIpc) is 4.10. The van der Waals surface area contributed by atoms with Crippen LogP contribution >= 0.6 is 10.0 Å². The first-order chi connectivity index (χ1) is 34.7. The molecule has 0 bridgehead atoms. The zero-order valence-electron chi connectivity index (χ0n) is 37.9. The van der Waals surface area contributed by atoms with Gasteiger partial charge in [0.15, 0.2) is 0 Å². The molecule has 4 heterocycles. The van der Waals surface area contributed by atoms with Gasteiger partial charge in [0.1, 0.15) is 11.2 Å². The van der Waals surface area contributed by atoms with E-state index in [9.17, 15) is 0 Å². The van der Waals surface area contributed by atoms with Crippen LogP contribution in [0, 0.1) is 0 Å². The lowest BCUT2D eigenvalue weighted by molar-refractivity contribution is 0.670. The fraction of sp³-hybridized carbons (Fsp3) is 0. The van der Waals surface area contributed by atoms with Crippen molar-refractivity contribution < 1.29 is 4.42 Å². The molecule has 0 atom stereocenters. The predicted octanol–water partition coefficient (Wildman–Crippen LogP) is 17.2. The third-order valence-corrected chi connectivity index (χ3v) is 17.8. The maximum Gasteiger partial charge on any atom is 0.235 e. The first-order valence-electron chi connectivity index (χ1n) is 23.6. The van der Waals surface area contributed by atoms with Gasteiger partial charge in [0.05, 0.1) is 33.5 Å². The maximum atomic E-state index is 6.71. The molecular weight excluding hydrogens is 873 g/mol. The summed E-state index contributed by atoms with van der Waals surface area (Å²) in [7, 11) is -1.97. The molecule has 14 aromatic rings. The molecule has 0 spiro atoms. The van der Waals surface area contributed by atoms with Crippen molar-refractivity contribution in [3.8, 4) is 34.2 Å². The molecule has 4 aromatic heterocycles. The number of fused-ring (bicyclic) bond motifs is 9. The van der Waals surface area contributed by atoms with Crippen molar-refractivity contribution in [1.29, 1.82) is 0 Å². The Kier molecular flexibility index (Phi) is 9.22. The number of hydrogen-bond donors (Lipinski definition) is 0. The summed E-state index contributed by atoms with van der Waals surface area (Å²) in [5, 5.41) is 6.83. The standard InChI is InChI=1S/C64H42N4OS/c1-4-21-45(22-5-1)70(46-23-6-2-7-24-46,47-25-8-3-9-26-47)48-27-18-20-43(40-48)56-42-57(54-33-19-32-53-52-31-13-17-37-62(52)69-63(53)54)66-64(65-56)68-60-36-16-12-30-51(60)55-41-44(38-39-61(55)68)67-58-34-14-10-28-49(58)50-29-11-15-35-59(50)67/h1-42H. The Bertz CT molecular complexity index is 4160. The normalized spacial score (nSPS) is 12.2. The Labute approximate surface area is 405 Å². The Morgan fingerprint density at radius 2 is 0.814 bits per heavy atom. The number of hydrogen-bond acceptors (Lipinski definition) is 3. The number of nitrogens with zero attached hydrogens (tertiary/aromatic N) is 4. The van der Waals surface area contributed by atoms with E-state index in [1.807, 2.05) is 12.1 Å². The largest absolute Gasteiger partial charge is 0.455 e. The molecule has 0 aliphatic rings. The quantitative estimate of drug-likeness (QED) is 0.153. The van der Waals surface area contributed by atoms with E-state index in [1.54, 1.807) is 0 Å². The number of para-hydroxylation sites is 5. The van der Waals surface area contributed by atoms with E-state index in [4.69, 9.17) is 14.4 Å². The summed E-state index contributed by atoms with van der Waals surface area (Å²) in [6.45, 7) is 0. The lowest BCUT2D eigenvalue weighted by Crippen LogP contribution is -2.06. The Hall–Kier alpha value is -8.97. The molecule has 0 amide bonds. The minimum absolute atomic E-state index is 0.578. The third-order valence-electron chi connectivity index (χ3n) is 13.9. The molecule has 0 N–H and O–H groups in total. The summed E-state index contributed by atoms with van der Waals surface area (Å²) in [5.74, 6) is 0.578. The van der Waals surface area contributed by atoms with Gasteiger partial charge in [0.25, 0.3) is 0 Å². The summed E-state index contributed by atoms with van der Waals surface area (Å²) < 4.78 is 11.3. The molecule has 0 saturated carbocycles. The fourth-order valence-electron chi connectivity index (χ4n) is 10.8. The minimum atomic E-state index is -1.97. The number of rotatable bonds is 8. The van der Waals surface area contributed by atoms with Crippen LogP contribution < -0.4 is 0 Å². The van der Waals surface area contributed by atoms with E-state index in [0.717, 1.165) is 71.9 Å². The molecule has 0 fully saturated rings. The molecule has 6 heteroatoms. The summed E-state index contributed by atoms with van der Waals surface area (Å²) in [5.41, 5.74) is 10.6. The van der Waals surface area contributed by atoms with Crippen molar-refractivity contribution in [3.63, 3.8) is 0 Å². The zero-order valence-corrected chi connectivity index (χ0v) is 38.7. The summed E-state index contributed by atoms with van der Waals surface area (Å²) in [6, 6.07) is 91.5. The molecule has 330 valence electrons. The smallest absolute Gasteiger partial charge is 0.235 e. The van der Waals surface area contributed by atoms with Crippen LogP contribution in [0.5, 0.6) is 0 Å². The highest BCUT2D eigenvalue weighted by molar-refractivity contribution is 8.34. The van der Waals surface area contributed by atoms with Crippen LogP contribution in [-0.4, -0.2) is 19.1 Å². The number of benzene rings is 10. The molecule has 0 aliphatic heterocycles. The highest BCUT2D eigenvalue weighted by atomic mass is 32.3. The summed E-state index contributed by atoms with van der Waals surface area (Å²) in [6.07, 6.45) is 0. The van der Waals surface area contributed by atoms with Gasteiger partial charge in [-0.1, -0.05) is 152 Å². The van der Waals surface area contributed by atoms with E-state index in [2.05, 4.69) is 252 Å². The molecule has 5 nitrogen and oxygen atoms in total. The fourth-order valence-corrected chi connectivity index (χ4v) is 14.7. The van der Waals surface area contributed by atoms with Gasteiger partial charge < -0.3 is 8.98 Å². The van der Waals surface area contributed by atoms with Crippen LogP contribution in [0.4, 0.5) is 0 Å².